The van der Waals surface area contributed by atoms with Crippen molar-refractivity contribution in [2.24, 2.45) is 0 Å². The molecule has 7 heteroatoms. The molecular formula is C12H13ClN2O3S. The van der Waals surface area contributed by atoms with Crippen LogP contribution in [-0.4, -0.2) is 37.0 Å². The van der Waals surface area contributed by atoms with E-state index in [1.807, 2.05) is 6.07 Å². The average molecular weight is 301 g/mol. The van der Waals surface area contributed by atoms with Gasteiger partial charge in [0.25, 0.3) is 0 Å². The van der Waals surface area contributed by atoms with Gasteiger partial charge in [0.2, 0.25) is 10.0 Å². The molecule has 1 heterocycles. The van der Waals surface area contributed by atoms with Crippen molar-refractivity contribution < 1.29 is 13.5 Å². The molecule has 1 unspecified atom stereocenters. The molecule has 1 N–H and O–H groups in total. The number of nitriles is 1. The highest BCUT2D eigenvalue weighted by atomic mass is 35.5. The van der Waals surface area contributed by atoms with Gasteiger partial charge in [-0.2, -0.15) is 9.57 Å². The summed E-state index contributed by atoms with van der Waals surface area (Å²) < 4.78 is 26.0. The Bertz CT molecular complexity index is 624. The Morgan fingerprint density at radius 2 is 2.21 bits per heavy atom. The maximum atomic E-state index is 12.4. The molecule has 0 bridgehead atoms. The van der Waals surface area contributed by atoms with Crippen LogP contribution >= 0.6 is 11.6 Å². The third kappa shape index (κ3) is 2.90. The smallest absolute Gasteiger partial charge is 0.243 e. The minimum Gasteiger partial charge on any atom is -0.392 e. The molecule has 1 aromatic carbocycles. The standard InChI is InChI=1S/C12H13ClN2O3S/c13-12-6-11(4-3-9(12)7-14)19(17,18)15-5-1-2-10(16)8-15/h3-4,6,10,16H,1-2,5,8H2. The van der Waals surface area contributed by atoms with Gasteiger partial charge in [-0.1, -0.05) is 11.6 Å². The summed E-state index contributed by atoms with van der Waals surface area (Å²) in [5, 5.41) is 18.4. The van der Waals surface area contributed by atoms with Gasteiger partial charge in [0.05, 0.1) is 21.6 Å². The van der Waals surface area contributed by atoms with E-state index in [2.05, 4.69) is 0 Å². The Balaban J connectivity index is 2.34. The zero-order valence-corrected chi connectivity index (χ0v) is 11.7. The van der Waals surface area contributed by atoms with Crippen LogP contribution in [0.5, 0.6) is 0 Å². The Hall–Kier alpha value is -1.13. The van der Waals surface area contributed by atoms with Crippen LogP contribution < -0.4 is 0 Å². The van der Waals surface area contributed by atoms with E-state index in [0.29, 0.717) is 19.4 Å². The molecule has 0 spiro atoms. The van der Waals surface area contributed by atoms with Gasteiger partial charge in [-0.3, -0.25) is 0 Å². The van der Waals surface area contributed by atoms with E-state index in [-0.39, 0.29) is 22.0 Å². The first kappa shape index (κ1) is 14.3. The molecule has 0 amide bonds. The predicted molar refractivity (Wildman–Crippen MR) is 70.2 cm³/mol. The highest BCUT2D eigenvalue weighted by Crippen LogP contribution is 2.25. The highest BCUT2D eigenvalue weighted by molar-refractivity contribution is 7.89. The van der Waals surface area contributed by atoms with Gasteiger partial charge in [-0.05, 0) is 31.0 Å². The molecule has 5 nitrogen and oxygen atoms in total. The number of piperidine rings is 1. The molecule has 102 valence electrons. The molecule has 1 aliphatic rings. The quantitative estimate of drug-likeness (QED) is 0.894. The Morgan fingerprint density at radius 1 is 1.47 bits per heavy atom. The predicted octanol–water partition coefficient (Wildman–Crippen LogP) is 1.36. The molecule has 0 saturated carbocycles. The highest BCUT2D eigenvalue weighted by Gasteiger charge is 2.29. The number of halogens is 1. The number of rotatable bonds is 2. The number of sulfonamides is 1. The molecular weight excluding hydrogens is 288 g/mol. The maximum absolute atomic E-state index is 12.4. The second-order valence-electron chi connectivity index (χ2n) is 4.41. The zero-order valence-electron chi connectivity index (χ0n) is 10.1. The molecule has 1 saturated heterocycles. The summed E-state index contributed by atoms with van der Waals surface area (Å²) in [6.45, 7) is 0.483. The Kier molecular flexibility index (Phi) is 4.11. The van der Waals surface area contributed by atoms with Crippen molar-refractivity contribution in [1.82, 2.24) is 4.31 Å². The number of nitrogens with zero attached hydrogens (tertiary/aromatic N) is 2. The molecule has 19 heavy (non-hydrogen) atoms. The molecule has 0 aromatic heterocycles. The fourth-order valence-electron chi connectivity index (χ4n) is 2.04. The van der Waals surface area contributed by atoms with E-state index in [9.17, 15) is 13.5 Å². The molecule has 1 aromatic rings. The van der Waals surface area contributed by atoms with Crippen LogP contribution in [0, 0.1) is 11.3 Å². The van der Waals surface area contributed by atoms with Crippen LogP contribution in [0.25, 0.3) is 0 Å². The molecule has 1 atom stereocenters. The lowest BCUT2D eigenvalue weighted by atomic mass is 10.1. The second-order valence-corrected chi connectivity index (χ2v) is 6.76. The van der Waals surface area contributed by atoms with Gasteiger partial charge in [-0.25, -0.2) is 8.42 Å². The minimum absolute atomic E-state index is 0.0469. The minimum atomic E-state index is -3.66. The summed E-state index contributed by atoms with van der Waals surface area (Å²) in [6.07, 6.45) is 0.613. The first-order chi connectivity index (χ1) is 8.95. The Morgan fingerprint density at radius 3 is 2.79 bits per heavy atom. The van der Waals surface area contributed by atoms with Gasteiger partial charge in [-0.15, -0.1) is 0 Å². The zero-order chi connectivity index (χ0) is 14.0. The van der Waals surface area contributed by atoms with E-state index >= 15 is 0 Å². The lowest BCUT2D eigenvalue weighted by molar-refractivity contribution is 0.108. The molecule has 2 rings (SSSR count). The summed E-state index contributed by atoms with van der Waals surface area (Å²) in [6, 6.07) is 5.90. The third-order valence-corrected chi connectivity index (χ3v) is 5.23. The largest absolute Gasteiger partial charge is 0.392 e. The summed E-state index contributed by atoms with van der Waals surface area (Å²) in [5.41, 5.74) is 0.235. The molecule has 1 aliphatic heterocycles. The average Bonchev–Trinajstić information content (AvgIpc) is 2.38. The number of benzene rings is 1. The fraction of sp³-hybridized carbons (Fsp3) is 0.417. The van der Waals surface area contributed by atoms with Crippen LogP contribution in [-0.2, 0) is 10.0 Å². The van der Waals surface area contributed by atoms with Crippen LogP contribution in [0.2, 0.25) is 5.02 Å². The van der Waals surface area contributed by atoms with E-state index in [1.165, 1.54) is 22.5 Å². The van der Waals surface area contributed by atoms with Crippen molar-refractivity contribution in [3.63, 3.8) is 0 Å². The van der Waals surface area contributed by atoms with Crippen LogP contribution in [0.15, 0.2) is 23.1 Å². The number of β-amino-alcohol motifs (C(OH)–C–C–N with tert-alkyl or cyclic N) is 1. The third-order valence-electron chi connectivity index (χ3n) is 3.06. The van der Waals surface area contributed by atoms with Crippen molar-refractivity contribution >= 4 is 21.6 Å². The summed E-state index contributed by atoms with van der Waals surface area (Å²) in [5.74, 6) is 0. The van der Waals surface area contributed by atoms with E-state index in [0.717, 1.165) is 0 Å². The van der Waals surface area contributed by atoms with Gasteiger partial charge < -0.3 is 5.11 Å². The molecule has 0 radical (unpaired) electrons. The second kappa shape index (κ2) is 5.47. The number of aliphatic hydroxyl groups is 1. The van der Waals surface area contributed by atoms with E-state index in [4.69, 9.17) is 16.9 Å². The topological polar surface area (TPSA) is 81.4 Å². The van der Waals surface area contributed by atoms with Crippen molar-refractivity contribution in [2.75, 3.05) is 13.1 Å². The molecule has 1 fully saturated rings. The lowest BCUT2D eigenvalue weighted by Crippen LogP contribution is -2.42. The van der Waals surface area contributed by atoms with E-state index in [1.54, 1.807) is 0 Å². The maximum Gasteiger partial charge on any atom is 0.243 e. The lowest BCUT2D eigenvalue weighted by Gasteiger charge is -2.29. The van der Waals surface area contributed by atoms with Crippen LogP contribution in [0.1, 0.15) is 18.4 Å². The first-order valence-corrected chi connectivity index (χ1v) is 7.65. The van der Waals surface area contributed by atoms with Gasteiger partial charge in [0, 0.05) is 13.1 Å². The summed E-state index contributed by atoms with van der Waals surface area (Å²) in [4.78, 5) is 0.0469. The SMILES string of the molecule is N#Cc1ccc(S(=O)(=O)N2CCCC(O)C2)cc1Cl. The first-order valence-electron chi connectivity index (χ1n) is 5.83. The van der Waals surface area contributed by atoms with Crippen molar-refractivity contribution in [3.05, 3.63) is 28.8 Å². The van der Waals surface area contributed by atoms with E-state index < -0.39 is 16.1 Å². The normalized spacial score (nSPS) is 21.0. The van der Waals surface area contributed by atoms with Crippen molar-refractivity contribution in [3.8, 4) is 6.07 Å². The van der Waals surface area contributed by atoms with Crippen LogP contribution in [0.3, 0.4) is 0 Å². The van der Waals surface area contributed by atoms with Crippen molar-refractivity contribution in [2.45, 2.75) is 23.8 Å². The number of hydrogen-bond acceptors (Lipinski definition) is 4. The van der Waals surface area contributed by atoms with Crippen molar-refractivity contribution in [1.29, 1.82) is 5.26 Å². The summed E-state index contributed by atoms with van der Waals surface area (Å²) in [7, 11) is -3.66. The fourth-order valence-corrected chi connectivity index (χ4v) is 3.87. The van der Waals surface area contributed by atoms with Gasteiger partial charge >= 0.3 is 0 Å². The number of hydrogen-bond donors (Lipinski definition) is 1. The van der Waals surface area contributed by atoms with Gasteiger partial charge in [0.1, 0.15) is 6.07 Å². The number of aliphatic hydroxyl groups excluding tert-OH is 1. The van der Waals surface area contributed by atoms with Crippen LogP contribution in [0.4, 0.5) is 0 Å². The summed E-state index contributed by atoms with van der Waals surface area (Å²) >= 11 is 5.85. The molecule has 0 aliphatic carbocycles. The monoisotopic (exact) mass is 300 g/mol. The van der Waals surface area contributed by atoms with Gasteiger partial charge in [0.15, 0.2) is 0 Å². The Labute approximate surface area is 117 Å².